The van der Waals surface area contributed by atoms with Crippen molar-refractivity contribution in [1.82, 2.24) is 4.31 Å². The Bertz CT molecular complexity index is 862. The molecule has 0 aliphatic heterocycles. The summed E-state index contributed by atoms with van der Waals surface area (Å²) >= 11 is 0. The lowest BCUT2D eigenvalue weighted by molar-refractivity contribution is -0.114. The number of carbonyl (C=O) groups is 1. The molecule has 1 amide bonds. The number of hydrogen-bond acceptors (Lipinski definition) is 4. The first-order valence-corrected chi connectivity index (χ1v) is 10.0. The van der Waals surface area contributed by atoms with Crippen molar-refractivity contribution in [3.8, 4) is 0 Å². The Labute approximate surface area is 155 Å². The summed E-state index contributed by atoms with van der Waals surface area (Å²) in [5, 5.41) is 5.81. The Morgan fingerprint density at radius 1 is 1.04 bits per heavy atom. The molecule has 0 bridgehead atoms. The van der Waals surface area contributed by atoms with E-state index in [1.54, 1.807) is 38.1 Å². The number of aryl methyl sites for hydroxylation is 1. The first kappa shape index (κ1) is 19.9. The van der Waals surface area contributed by atoms with Crippen molar-refractivity contribution >= 4 is 27.3 Å². The molecule has 2 rings (SSSR count). The zero-order valence-electron chi connectivity index (χ0n) is 15.3. The highest BCUT2D eigenvalue weighted by Gasteiger charge is 2.21. The lowest BCUT2D eigenvalue weighted by Crippen LogP contribution is -2.30. The van der Waals surface area contributed by atoms with Gasteiger partial charge in [-0.05, 0) is 36.8 Å². The Morgan fingerprint density at radius 2 is 1.73 bits per heavy atom. The largest absolute Gasteiger partial charge is 0.376 e. The van der Waals surface area contributed by atoms with Gasteiger partial charge in [0, 0.05) is 24.5 Å². The molecule has 26 heavy (non-hydrogen) atoms. The van der Waals surface area contributed by atoms with Crippen molar-refractivity contribution in [3.63, 3.8) is 0 Å². The van der Waals surface area contributed by atoms with E-state index in [0.29, 0.717) is 18.8 Å². The van der Waals surface area contributed by atoms with E-state index in [1.807, 2.05) is 31.2 Å². The van der Waals surface area contributed by atoms with Crippen LogP contribution in [0.5, 0.6) is 0 Å². The predicted molar refractivity (Wildman–Crippen MR) is 105 cm³/mol. The molecule has 0 aliphatic rings. The minimum atomic E-state index is -3.52. The summed E-state index contributed by atoms with van der Waals surface area (Å²) in [6, 6.07) is 14.0. The molecule has 0 spiro atoms. The molecule has 0 radical (unpaired) electrons. The average Bonchev–Trinajstić information content (AvgIpc) is 2.63. The van der Waals surface area contributed by atoms with E-state index in [4.69, 9.17) is 0 Å². The molecular formula is C19H25N3O3S. The topological polar surface area (TPSA) is 78.5 Å². The summed E-state index contributed by atoms with van der Waals surface area (Å²) in [6.45, 7) is 6.40. The molecule has 140 valence electrons. The summed E-state index contributed by atoms with van der Waals surface area (Å²) < 4.78 is 26.6. The van der Waals surface area contributed by atoms with Crippen molar-refractivity contribution in [2.75, 3.05) is 30.3 Å². The number of nitrogens with one attached hydrogen (secondary N) is 2. The highest BCUT2D eigenvalue weighted by Crippen LogP contribution is 2.19. The molecule has 0 fully saturated rings. The fourth-order valence-corrected chi connectivity index (χ4v) is 4.07. The standard InChI is InChI=1S/C19H25N3O3S/c1-4-22(5-2)26(24,25)17-11-8-10-16(13-17)20-14-19(23)21-18-12-7-6-9-15(18)3/h6-13,20H,4-5,14H2,1-3H3,(H,21,23). The van der Waals surface area contributed by atoms with Crippen LogP contribution in [-0.4, -0.2) is 38.3 Å². The van der Waals surface area contributed by atoms with Gasteiger partial charge in [-0.15, -0.1) is 0 Å². The van der Waals surface area contributed by atoms with Gasteiger partial charge in [-0.1, -0.05) is 38.1 Å². The average molecular weight is 375 g/mol. The second-order valence-electron chi connectivity index (χ2n) is 5.83. The molecule has 0 unspecified atom stereocenters. The maximum absolute atomic E-state index is 12.6. The number of nitrogens with zero attached hydrogens (tertiary/aromatic N) is 1. The maximum atomic E-state index is 12.6. The zero-order valence-corrected chi connectivity index (χ0v) is 16.1. The summed E-state index contributed by atoms with van der Waals surface area (Å²) in [6.07, 6.45) is 0. The summed E-state index contributed by atoms with van der Waals surface area (Å²) in [5.41, 5.74) is 2.32. The number of benzene rings is 2. The molecule has 2 aromatic carbocycles. The van der Waals surface area contributed by atoms with Crippen LogP contribution in [0.1, 0.15) is 19.4 Å². The van der Waals surface area contributed by atoms with Crippen molar-refractivity contribution in [2.24, 2.45) is 0 Å². The highest BCUT2D eigenvalue weighted by molar-refractivity contribution is 7.89. The van der Waals surface area contributed by atoms with E-state index in [2.05, 4.69) is 10.6 Å². The quantitative estimate of drug-likeness (QED) is 0.743. The van der Waals surface area contributed by atoms with Crippen molar-refractivity contribution < 1.29 is 13.2 Å². The number of anilines is 2. The first-order valence-electron chi connectivity index (χ1n) is 8.58. The van der Waals surface area contributed by atoms with Crippen LogP contribution >= 0.6 is 0 Å². The molecule has 0 aromatic heterocycles. The van der Waals surface area contributed by atoms with Crippen LogP contribution in [0.15, 0.2) is 53.4 Å². The van der Waals surface area contributed by atoms with Crippen molar-refractivity contribution in [2.45, 2.75) is 25.7 Å². The monoisotopic (exact) mass is 375 g/mol. The zero-order chi connectivity index (χ0) is 19.2. The number of hydrogen-bond donors (Lipinski definition) is 2. The summed E-state index contributed by atoms with van der Waals surface area (Å²) in [7, 11) is -3.52. The van der Waals surface area contributed by atoms with Gasteiger partial charge >= 0.3 is 0 Å². The molecule has 6 nitrogen and oxygen atoms in total. The summed E-state index contributed by atoms with van der Waals surface area (Å²) in [5.74, 6) is -0.198. The Balaban J connectivity index is 2.05. The third-order valence-corrected chi connectivity index (χ3v) is 6.10. The second-order valence-corrected chi connectivity index (χ2v) is 7.77. The molecule has 7 heteroatoms. The number of carbonyl (C=O) groups excluding carboxylic acids is 1. The van der Waals surface area contributed by atoms with E-state index >= 15 is 0 Å². The van der Waals surface area contributed by atoms with Crippen LogP contribution in [-0.2, 0) is 14.8 Å². The summed E-state index contributed by atoms with van der Waals surface area (Å²) in [4.78, 5) is 12.3. The smallest absolute Gasteiger partial charge is 0.243 e. The second kappa shape index (κ2) is 8.82. The molecule has 0 saturated heterocycles. The molecule has 0 atom stereocenters. The van der Waals surface area contributed by atoms with Crippen molar-refractivity contribution in [3.05, 3.63) is 54.1 Å². The molecule has 0 aliphatic carbocycles. The number of sulfonamides is 1. The first-order chi connectivity index (χ1) is 12.4. The Morgan fingerprint density at radius 3 is 2.38 bits per heavy atom. The van der Waals surface area contributed by atoms with Gasteiger partial charge in [0.25, 0.3) is 0 Å². The van der Waals surface area contributed by atoms with Gasteiger partial charge in [-0.2, -0.15) is 4.31 Å². The van der Waals surface area contributed by atoms with Crippen LogP contribution in [0.2, 0.25) is 0 Å². The van der Waals surface area contributed by atoms with Gasteiger partial charge in [0.05, 0.1) is 11.4 Å². The number of para-hydroxylation sites is 1. The predicted octanol–water partition coefficient (Wildman–Crippen LogP) is 3.08. The fraction of sp³-hybridized carbons (Fsp3) is 0.316. The van der Waals surface area contributed by atoms with Gasteiger partial charge in [0.15, 0.2) is 0 Å². The van der Waals surface area contributed by atoms with Gasteiger partial charge in [0.2, 0.25) is 15.9 Å². The fourth-order valence-electron chi connectivity index (χ4n) is 2.57. The Hall–Kier alpha value is -2.38. The highest BCUT2D eigenvalue weighted by atomic mass is 32.2. The third kappa shape index (κ3) is 4.83. The van der Waals surface area contributed by atoms with E-state index in [0.717, 1.165) is 11.3 Å². The Kier molecular flexibility index (Phi) is 6.76. The lowest BCUT2D eigenvalue weighted by Gasteiger charge is -2.19. The molecular weight excluding hydrogens is 350 g/mol. The maximum Gasteiger partial charge on any atom is 0.243 e. The molecule has 2 aromatic rings. The molecule has 0 saturated carbocycles. The number of amides is 1. The van der Waals surface area contributed by atoms with Gasteiger partial charge in [-0.25, -0.2) is 8.42 Å². The van der Waals surface area contributed by atoms with Crippen LogP contribution in [0, 0.1) is 6.92 Å². The molecule has 0 heterocycles. The minimum Gasteiger partial charge on any atom is -0.376 e. The molecule has 2 N–H and O–H groups in total. The van der Waals surface area contributed by atoms with Crippen LogP contribution in [0.3, 0.4) is 0 Å². The van der Waals surface area contributed by atoms with Crippen LogP contribution in [0.25, 0.3) is 0 Å². The minimum absolute atomic E-state index is 0.0447. The van der Waals surface area contributed by atoms with E-state index in [9.17, 15) is 13.2 Å². The van der Waals surface area contributed by atoms with Crippen LogP contribution in [0.4, 0.5) is 11.4 Å². The van der Waals surface area contributed by atoms with Gasteiger partial charge in [-0.3, -0.25) is 4.79 Å². The lowest BCUT2D eigenvalue weighted by atomic mass is 10.2. The van der Waals surface area contributed by atoms with Crippen molar-refractivity contribution in [1.29, 1.82) is 0 Å². The van der Waals surface area contributed by atoms with E-state index in [1.165, 1.54) is 4.31 Å². The normalized spacial score (nSPS) is 11.4. The van der Waals surface area contributed by atoms with E-state index < -0.39 is 10.0 Å². The van der Waals surface area contributed by atoms with Gasteiger partial charge < -0.3 is 10.6 Å². The van der Waals surface area contributed by atoms with E-state index in [-0.39, 0.29) is 17.3 Å². The number of rotatable bonds is 8. The third-order valence-electron chi connectivity index (χ3n) is 4.05. The van der Waals surface area contributed by atoms with Gasteiger partial charge in [0.1, 0.15) is 0 Å². The SMILES string of the molecule is CCN(CC)S(=O)(=O)c1cccc(NCC(=O)Nc2ccccc2C)c1. The van der Waals surface area contributed by atoms with Crippen LogP contribution < -0.4 is 10.6 Å².